The van der Waals surface area contributed by atoms with Gasteiger partial charge in [-0.05, 0) is 25.0 Å². The Balaban J connectivity index is 2.36. The molecule has 1 saturated heterocycles. The number of para-hydroxylation sites is 1. The largest absolute Gasteiger partial charge is 0.465 e. The van der Waals surface area contributed by atoms with Crippen molar-refractivity contribution in [2.24, 2.45) is 0 Å². The number of amides is 1. The van der Waals surface area contributed by atoms with Crippen LogP contribution in [-0.2, 0) is 19.6 Å². The van der Waals surface area contributed by atoms with Crippen molar-refractivity contribution in [1.29, 1.82) is 0 Å². The number of anilines is 1. The van der Waals surface area contributed by atoms with Gasteiger partial charge in [0.2, 0.25) is 15.9 Å². The van der Waals surface area contributed by atoms with Crippen LogP contribution < -0.4 is 4.31 Å². The molecule has 0 saturated carbocycles. The first-order valence-corrected chi connectivity index (χ1v) is 9.12. The van der Waals surface area contributed by atoms with Crippen LogP contribution in [0.25, 0.3) is 0 Å². The molecule has 1 aliphatic heterocycles. The lowest BCUT2D eigenvalue weighted by Gasteiger charge is -2.26. The highest BCUT2D eigenvalue weighted by Gasteiger charge is 2.28. The second kappa shape index (κ2) is 6.99. The first-order chi connectivity index (χ1) is 10.8. The summed E-state index contributed by atoms with van der Waals surface area (Å²) in [5, 5.41) is 0. The molecule has 23 heavy (non-hydrogen) atoms. The van der Waals surface area contributed by atoms with Crippen molar-refractivity contribution in [2.45, 2.75) is 12.8 Å². The molecular formula is C15H20N2O5S. The van der Waals surface area contributed by atoms with Crippen LogP contribution in [0.2, 0.25) is 0 Å². The number of hydrogen-bond acceptors (Lipinski definition) is 5. The molecule has 2 rings (SSSR count). The Kier molecular flexibility index (Phi) is 5.25. The molecule has 8 heteroatoms. The van der Waals surface area contributed by atoms with E-state index >= 15 is 0 Å². The van der Waals surface area contributed by atoms with Crippen molar-refractivity contribution in [3.8, 4) is 0 Å². The molecule has 0 aromatic heterocycles. The predicted molar refractivity (Wildman–Crippen MR) is 85.8 cm³/mol. The van der Waals surface area contributed by atoms with Gasteiger partial charge in [-0.15, -0.1) is 0 Å². The molecule has 7 nitrogen and oxygen atoms in total. The van der Waals surface area contributed by atoms with E-state index in [9.17, 15) is 18.0 Å². The number of carbonyl (C=O) groups excluding carboxylic acids is 2. The summed E-state index contributed by atoms with van der Waals surface area (Å²) in [6, 6.07) is 6.18. The summed E-state index contributed by atoms with van der Waals surface area (Å²) < 4.78 is 29.9. The van der Waals surface area contributed by atoms with Crippen molar-refractivity contribution in [1.82, 2.24) is 4.90 Å². The Hall–Kier alpha value is -2.09. The number of methoxy groups -OCH3 is 1. The molecule has 0 spiro atoms. The number of nitrogens with zero attached hydrogens (tertiary/aromatic N) is 2. The van der Waals surface area contributed by atoms with Gasteiger partial charge in [-0.2, -0.15) is 0 Å². The van der Waals surface area contributed by atoms with E-state index in [1.807, 2.05) is 0 Å². The molecule has 1 aliphatic rings. The van der Waals surface area contributed by atoms with Crippen LogP contribution in [0.3, 0.4) is 0 Å². The summed E-state index contributed by atoms with van der Waals surface area (Å²) in [6.07, 6.45) is 2.85. The van der Waals surface area contributed by atoms with E-state index < -0.39 is 16.0 Å². The minimum absolute atomic E-state index is 0.106. The van der Waals surface area contributed by atoms with Gasteiger partial charge in [-0.3, -0.25) is 9.10 Å². The molecular weight excluding hydrogens is 320 g/mol. The molecule has 0 radical (unpaired) electrons. The number of hydrogen-bond donors (Lipinski definition) is 0. The Morgan fingerprint density at radius 2 is 1.83 bits per heavy atom. The molecule has 126 valence electrons. The van der Waals surface area contributed by atoms with Gasteiger partial charge in [0.25, 0.3) is 0 Å². The summed E-state index contributed by atoms with van der Waals surface area (Å²) in [7, 11) is -2.51. The molecule has 1 aromatic rings. The van der Waals surface area contributed by atoms with Crippen LogP contribution in [0.5, 0.6) is 0 Å². The van der Waals surface area contributed by atoms with E-state index in [1.54, 1.807) is 17.0 Å². The van der Waals surface area contributed by atoms with Gasteiger partial charge in [-0.1, -0.05) is 12.1 Å². The fourth-order valence-electron chi connectivity index (χ4n) is 2.54. The van der Waals surface area contributed by atoms with Gasteiger partial charge in [-0.25, -0.2) is 13.2 Å². The van der Waals surface area contributed by atoms with Gasteiger partial charge in [0.1, 0.15) is 6.54 Å². The molecule has 0 bridgehead atoms. The van der Waals surface area contributed by atoms with Crippen LogP contribution in [0.1, 0.15) is 23.2 Å². The Labute approximate surface area is 135 Å². The number of esters is 1. The van der Waals surface area contributed by atoms with E-state index in [1.165, 1.54) is 19.2 Å². The van der Waals surface area contributed by atoms with Gasteiger partial charge >= 0.3 is 5.97 Å². The summed E-state index contributed by atoms with van der Waals surface area (Å²) in [5.74, 6) is -0.921. The first kappa shape index (κ1) is 17.3. The SMILES string of the molecule is COC(=O)c1ccccc1N(CC(=O)N1CCCC1)S(C)(=O)=O. The highest BCUT2D eigenvalue weighted by Crippen LogP contribution is 2.24. The van der Waals surface area contributed by atoms with Gasteiger partial charge in [0.05, 0.1) is 24.6 Å². The average molecular weight is 340 g/mol. The van der Waals surface area contributed by atoms with Crippen molar-refractivity contribution in [3.63, 3.8) is 0 Å². The second-order valence-corrected chi connectivity index (χ2v) is 7.27. The minimum Gasteiger partial charge on any atom is -0.465 e. The highest BCUT2D eigenvalue weighted by molar-refractivity contribution is 7.92. The Morgan fingerprint density at radius 1 is 1.22 bits per heavy atom. The lowest BCUT2D eigenvalue weighted by molar-refractivity contribution is -0.128. The fraction of sp³-hybridized carbons (Fsp3) is 0.467. The maximum Gasteiger partial charge on any atom is 0.340 e. The number of carbonyl (C=O) groups is 2. The van der Waals surface area contributed by atoms with Gasteiger partial charge < -0.3 is 9.64 Å². The zero-order valence-corrected chi connectivity index (χ0v) is 14.0. The topological polar surface area (TPSA) is 84.0 Å². The number of benzene rings is 1. The Bertz CT molecular complexity index is 696. The standard InChI is InChI=1S/C15H20N2O5S/c1-22-15(19)12-7-3-4-8-13(12)17(23(2,20)21)11-14(18)16-9-5-6-10-16/h3-4,7-8H,5-6,9-11H2,1-2H3. The maximum atomic E-state index is 12.3. The van der Waals surface area contributed by atoms with Crippen LogP contribution in [0.4, 0.5) is 5.69 Å². The minimum atomic E-state index is -3.73. The third-order valence-electron chi connectivity index (χ3n) is 3.72. The molecule has 1 aromatic carbocycles. The molecule has 1 heterocycles. The quantitative estimate of drug-likeness (QED) is 0.743. The molecule has 1 fully saturated rings. The predicted octanol–water partition coefficient (Wildman–Crippen LogP) is 0.862. The summed E-state index contributed by atoms with van der Waals surface area (Å²) in [4.78, 5) is 25.8. The summed E-state index contributed by atoms with van der Waals surface area (Å²) in [5.41, 5.74) is 0.254. The molecule has 0 atom stereocenters. The van der Waals surface area contributed by atoms with E-state index in [-0.39, 0.29) is 23.7 Å². The second-order valence-electron chi connectivity index (χ2n) is 5.37. The lowest BCUT2D eigenvalue weighted by atomic mass is 10.2. The first-order valence-electron chi connectivity index (χ1n) is 7.27. The maximum absolute atomic E-state index is 12.3. The Morgan fingerprint density at radius 3 is 2.39 bits per heavy atom. The lowest BCUT2D eigenvalue weighted by Crippen LogP contribution is -2.42. The summed E-state index contributed by atoms with van der Waals surface area (Å²) >= 11 is 0. The summed E-state index contributed by atoms with van der Waals surface area (Å²) in [6.45, 7) is 0.941. The number of ether oxygens (including phenoxy) is 1. The highest BCUT2D eigenvalue weighted by atomic mass is 32.2. The fourth-order valence-corrected chi connectivity index (χ4v) is 3.41. The van der Waals surface area contributed by atoms with Crippen molar-refractivity contribution in [2.75, 3.05) is 37.3 Å². The van der Waals surface area contributed by atoms with Crippen LogP contribution in [0, 0.1) is 0 Å². The van der Waals surface area contributed by atoms with E-state index in [2.05, 4.69) is 4.74 Å². The molecule has 0 aliphatic carbocycles. The third-order valence-corrected chi connectivity index (χ3v) is 4.84. The van der Waals surface area contributed by atoms with E-state index in [0.29, 0.717) is 13.1 Å². The van der Waals surface area contributed by atoms with Crippen molar-refractivity contribution < 1.29 is 22.7 Å². The molecule has 1 amide bonds. The molecule has 0 unspecified atom stereocenters. The number of rotatable bonds is 5. The normalized spacial score (nSPS) is 14.6. The monoisotopic (exact) mass is 340 g/mol. The number of likely N-dealkylation sites (tertiary alicyclic amines) is 1. The van der Waals surface area contributed by atoms with E-state index in [0.717, 1.165) is 23.4 Å². The third kappa shape index (κ3) is 4.01. The van der Waals surface area contributed by atoms with Crippen molar-refractivity contribution >= 4 is 27.6 Å². The molecule has 0 N–H and O–H groups in total. The zero-order valence-electron chi connectivity index (χ0n) is 13.2. The zero-order chi connectivity index (χ0) is 17.0. The van der Waals surface area contributed by atoms with Gasteiger partial charge in [0, 0.05) is 13.1 Å². The van der Waals surface area contributed by atoms with Gasteiger partial charge in [0.15, 0.2) is 0 Å². The van der Waals surface area contributed by atoms with Crippen LogP contribution in [-0.4, -0.2) is 58.2 Å². The van der Waals surface area contributed by atoms with E-state index in [4.69, 9.17) is 0 Å². The van der Waals surface area contributed by atoms with Crippen LogP contribution in [0.15, 0.2) is 24.3 Å². The smallest absolute Gasteiger partial charge is 0.340 e. The number of sulfonamides is 1. The van der Waals surface area contributed by atoms with Crippen LogP contribution >= 0.6 is 0 Å². The average Bonchev–Trinajstić information content (AvgIpc) is 3.05. The van der Waals surface area contributed by atoms with Crippen molar-refractivity contribution in [3.05, 3.63) is 29.8 Å².